The molecule has 0 aliphatic heterocycles. The molecule has 1 rings (SSSR count). The van der Waals surface area contributed by atoms with Gasteiger partial charge in [-0.05, 0) is 11.1 Å². The summed E-state index contributed by atoms with van der Waals surface area (Å²) >= 11 is 0. The van der Waals surface area contributed by atoms with E-state index in [-0.39, 0.29) is 18.1 Å². The van der Waals surface area contributed by atoms with Crippen LogP contribution in [0.1, 0.15) is 12.0 Å². The van der Waals surface area contributed by atoms with E-state index in [1.165, 1.54) is 0 Å². The highest BCUT2D eigenvalue weighted by Crippen LogP contribution is 2.09. The minimum Gasteiger partial charge on any atom is -0.392 e. The average Bonchev–Trinajstić information content (AvgIpc) is 2.25. The molecule has 0 saturated heterocycles. The number of benzene rings is 1. The minimum atomic E-state index is -0.380. The van der Waals surface area contributed by atoms with Gasteiger partial charge in [0.2, 0.25) is 6.54 Å². The van der Waals surface area contributed by atoms with Gasteiger partial charge in [-0.3, -0.25) is 10.1 Å². The van der Waals surface area contributed by atoms with Crippen LogP contribution in [0.25, 0.3) is 6.08 Å². The van der Waals surface area contributed by atoms with Gasteiger partial charge in [0.05, 0.1) is 6.61 Å². The fraction of sp³-hybridized carbons (Fsp3) is 0.273. The summed E-state index contributed by atoms with van der Waals surface area (Å²) in [6.45, 7) is -0.276. The van der Waals surface area contributed by atoms with Crippen LogP contribution in [-0.2, 0) is 0 Å². The Morgan fingerprint density at radius 2 is 2.07 bits per heavy atom. The number of nitro groups is 1. The van der Waals surface area contributed by atoms with Crippen molar-refractivity contribution in [2.24, 2.45) is 0 Å². The predicted molar refractivity (Wildman–Crippen MR) is 58.0 cm³/mol. The lowest BCUT2D eigenvalue weighted by atomic mass is 10.1. The Morgan fingerprint density at radius 3 is 2.60 bits per heavy atom. The van der Waals surface area contributed by atoms with Crippen molar-refractivity contribution in [1.82, 2.24) is 0 Å². The van der Waals surface area contributed by atoms with Gasteiger partial charge in [-0.2, -0.15) is 0 Å². The molecule has 0 amide bonds. The maximum atomic E-state index is 10.2. The van der Waals surface area contributed by atoms with Crippen molar-refractivity contribution in [2.45, 2.75) is 6.42 Å². The van der Waals surface area contributed by atoms with Gasteiger partial charge in [0.15, 0.2) is 0 Å². The topological polar surface area (TPSA) is 63.4 Å². The van der Waals surface area contributed by atoms with Crippen LogP contribution in [0.3, 0.4) is 0 Å². The SMILES string of the molecule is O=[N+]([O-])CC/C(=C\c1ccccc1)CO. The molecule has 4 nitrogen and oxygen atoms in total. The van der Waals surface area contributed by atoms with Crippen molar-refractivity contribution in [2.75, 3.05) is 13.2 Å². The number of hydrogen-bond acceptors (Lipinski definition) is 3. The van der Waals surface area contributed by atoms with Gasteiger partial charge in [-0.1, -0.05) is 36.4 Å². The number of rotatable bonds is 5. The van der Waals surface area contributed by atoms with Crippen LogP contribution >= 0.6 is 0 Å². The fourth-order valence-corrected chi connectivity index (χ4v) is 1.22. The van der Waals surface area contributed by atoms with Crippen molar-refractivity contribution in [1.29, 1.82) is 0 Å². The zero-order valence-corrected chi connectivity index (χ0v) is 8.30. The van der Waals surface area contributed by atoms with Crippen molar-refractivity contribution in [3.63, 3.8) is 0 Å². The van der Waals surface area contributed by atoms with E-state index in [0.717, 1.165) is 5.56 Å². The largest absolute Gasteiger partial charge is 0.392 e. The first-order valence-corrected chi connectivity index (χ1v) is 4.69. The Labute approximate surface area is 88.0 Å². The second-order valence-electron chi connectivity index (χ2n) is 3.18. The molecule has 0 atom stereocenters. The van der Waals surface area contributed by atoms with E-state index >= 15 is 0 Å². The van der Waals surface area contributed by atoms with Crippen molar-refractivity contribution in [3.05, 3.63) is 51.6 Å². The highest BCUT2D eigenvalue weighted by Gasteiger charge is 2.02. The molecule has 0 heterocycles. The lowest BCUT2D eigenvalue weighted by Crippen LogP contribution is -2.03. The van der Waals surface area contributed by atoms with Gasteiger partial charge < -0.3 is 5.11 Å². The lowest BCUT2D eigenvalue weighted by molar-refractivity contribution is -0.479. The van der Waals surface area contributed by atoms with Crippen molar-refractivity contribution in [3.8, 4) is 0 Å². The van der Waals surface area contributed by atoms with Crippen molar-refractivity contribution < 1.29 is 10.0 Å². The normalized spacial score (nSPS) is 11.4. The first kappa shape index (κ1) is 11.4. The van der Waals surface area contributed by atoms with Gasteiger partial charge >= 0.3 is 0 Å². The minimum absolute atomic E-state index is 0.136. The molecular formula is C11H13NO3. The van der Waals surface area contributed by atoms with E-state index in [0.29, 0.717) is 12.0 Å². The summed E-state index contributed by atoms with van der Waals surface area (Å²) in [6, 6.07) is 9.44. The maximum absolute atomic E-state index is 10.2. The molecule has 1 N–H and O–H groups in total. The Bertz CT molecular complexity index is 346. The Morgan fingerprint density at radius 1 is 1.40 bits per heavy atom. The standard InChI is InChI=1S/C11H13NO3/c13-9-11(6-7-12(14)15)8-10-4-2-1-3-5-10/h1-5,8,13H,6-7,9H2/b11-8+. The molecule has 0 aliphatic rings. The molecule has 4 heteroatoms. The molecule has 80 valence electrons. The number of aliphatic hydroxyl groups is 1. The fourth-order valence-electron chi connectivity index (χ4n) is 1.22. The van der Waals surface area contributed by atoms with Crippen LogP contribution < -0.4 is 0 Å². The van der Waals surface area contributed by atoms with Crippen LogP contribution in [0.15, 0.2) is 35.9 Å². The summed E-state index contributed by atoms with van der Waals surface area (Å²) in [5.41, 5.74) is 1.63. The summed E-state index contributed by atoms with van der Waals surface area (Å²) in [4.78, 5) is 9.79. The highest BCUT2D eigenvalue weighted by atomic mass is 16.6. The summed E-state index contributed by atoms with van der Waals surface area (Å²) in [7, 11) is 0. The molecule has 0 aromatic heterocycles. The quantitative estimate of drug-likeness (QED) is 0.590. The van der Waals surface area contributed by atoms with Gasteiger partial charge in [0, 0.05) is 11.3 Å². The molecule has 0 radical (unpaired) electrons. The summed E-state index contributed by atoms with van der Waals surface area (Å²) in [5, 5.41) is 19.2. The zero-order valence-electron chi connectivity index (χ0n) is 8.30. The third-order valence-electron chi connectivity index (χ3n) is 1.99. The number of aliphatic hydroxyl groups excluding tert-OH is 1. The van der Waals surface area contributed by atoms with Gasteiger partial charge in [0.1, 0.15) is 0 Å². The lowest BCUT2D eigenvalue weighted by Gasteiger charge is -2.00. The van der Waals surface area contributed by atoms with E-state index in [1.807, 2.05) is 30.3 Å². The van der Waals surface area contributed by atoms with Crippen LogP contribution in [0.5, 0.6) is 0 Å². The van der Waals surface area contributed by atoms with E-state index in [1.54, 1.807) is 6.08 Å². The second kappa shape index (κ2) is 5.93. The molecule has 0 fully saturated rings. The van der Waals surface area contributed by atoms with Crippen molar-refractivity contribution >= 4 is 6.08 Å². The maximum Gasteiger partial charge on any atom is 0.207 e. The Balaban J connectivity index is 2.65. The summed E-state index contributed by atoms with van der Waals surface area (Å²) in [5.74, 6) is 0. The Hall–Kier alpha value is -1.68. The molecular weight excluding hydrogens is 194 g/mol. The van der Waals surface area contributed by atoms with E-state index in [2.05, 4.69) is 0 Å². The van der Waals surface area contributed by atoms with Gasteiger partial charge in [0.25, 0.3) is 0 Å². The monoisotopic (exact) mass is 207 g/mol. The zero-order chi connectivity index (χ0) is 11.1. The second-order valence-corrected chi connectivity index (χ2v) is 3.18. The van der Waals surface area contributed by atoms with E-state index in [9.17, 15) is 10.1 Å². The molecule has 15 heavy (non-hydrogen) atoms. The first-order chi connectivity index (χ1) is 7.22. The molecule has 1 aromatic rings. The van der Waals surface area contributed by atoms with E-state index in [4.69, 9.17) is 5.11 Å². The highest BCUT2D eigenvalue weighted by molar-refractivity contribution is 5.52. The van der Waals surface area contributed by atoms with Crippen LogP contribution in [-0.4, -0.2) is 23.2 Å². The van der Waals surface area contributed by atoms with Crippen LogP contribution in [0, 0.1) is 10.1 Å². The number of hydrogen-bond donors (Lipinski definition) is 1. The molecule has 0 spiro atoms. The summed E-state index contributed by atoms with van der Waals surface area (Å²) in [6.07, 6.45) is 2.07. The molecule has 1 aromatic carbocycles. The smallest absolute Gasteiger partial charge is 0.207 e. The van der Waals surface area contributed by atoms with Crippen LogP contribution in [0.2, 0.25) is 0 Å². The van der Waals surface area contributed by atoms with Crippen LogP contribution in [0.4, 0.5) is 0 Å². The third-order valence-corrected chi connectivity index (χ3v) is 1.99. The summed E-state index contributed by atoms with van der Waals surface area (Å²) < 4.78 is 0. The number of nitrogens with zero attached hydrogens (tertiary/aromatic N) is 1. The molecule has 0 bridgehead atoms. The average molecular weight is 207 g/mol. The molecule has 0 unspecified atom stereocenters. The predicted octanol–water partition coefficient (Wildman–Crippen LogP) is 1.73. The molecule has 0 aliphatic carbocycles. The van der Waals surface area contributed by atoms with Gasteiger partial charge in [-0.25, -0.2) is 0 Å². The van der Waals surface area contributed by atoms with E-state index < -0.39 is 0 Å². The Kier molecular flexibility index (Phi) is 4.50. The molecule has 0 saturated carbocycles. The van der Waals surface area contributed by atoms with Gasteiger partial charge in [-0.15, -0.1) is 0 Å². The first-order valence-electron chi connectivity index (χ1n) is 4.69. The third kappa shape index (κ3) is 4.37.